The van der Waals surface area contributed by atoms with Gasteiger partial charge in [-0.05, 0) is 49.9 Å². The quantitative estimate of drug-likeness (QED) is 0.652. The molecule has 1 rings (SSSR count). The summed E-state index contributed by atoms with van der Waals surface area (Å²) in [6, 6.07) is 6.51. The number of aliphatic hydroxyl groups is 1. The van der Waals surface area contributed by atoms with Crippen LogP contribution in [0.1, 0.15) is 43.9 Å². The lowest BCUT2D eigenvalue weighted by atomic mass is 10.0. The summed E-state index contributed by atoms with van der Waals surface area (Å²) in [7, 11) is 3.37. The minimum Gasteiger partial charge on any atom is -0.496 e. The van der Waals surface area contributed by atoms with E-state index in [1.54, 1.807) is 14.2 Å². The molecule has 0 heterocycles. The molecule has 0 aliphatic heterocycles. The van der Waals surface area contributed by atoms with Crippen molar-refractivity contribution in [2.24, 2.45) is 5.92 Å². The van der Waals surface area contributed by atoms with Gasteiger partial charge in [0.1, 0.15) is 5.75 Å². The summed E-state index contributed by atoms with van der Waals surface area (Å²) >= 11 is 0. The Bertz CT molecular complexity index is 409. The molecule has 0 bridgehead atoms. The van der Waals surface area contributed by atoms with Crippen LogP contribution in [0.25, 0.3) is 0 Å². The highest BCUT2D eigenvalue weighted by Crippen LogP contribution is 2.24. The highest BCUT2D eigenvalue weighted by atomic mass is 16.5. The predicted octanol–water partition coefficient (Wildman–Crippen LogP) is 2.90. The molecule has 1 aromatic rings. The van der Waals surface area contributed by atoms with Gasteiger partial charge in [-0.2, -0.15) is 0 Å². The van der Waals surface area contributed by atoms with Gasteiger partial charge in [0.2, 0.25) is 0 Å². The third-order valence-electron chi connectivity index (χ3n) is 3.74. The maximum atomic E-state index is 9.01. The summed E-state index contributed by atoms with van der Waals surface area (Å²) in [5, 5.41) is 12.5. The molecule has 2 N–H and O–H groups in total. The van der Waals surface area contributed by atoms with Crippen LogP contribution in [0.3, 0.4) is 0 Å². The Hall–Kier alpha value is -1.10. The van der Waals surface area contributed by atoms with E-state index in [-0.39, 0.29) is 12.6 Å². The topological polar surface area (TPSA) is 50.7 Å². The van der Waals surface area contributed by atoms with Crippen LogP contribution in [0, 0.1) is 5.92 Å². The van der Waals surface area contributed by atoms with E-state index in [2.05, 4.69) is 31.3 Å². The number of methoxy groups -OCH3 is 2. The fourth-order valence-corrected chi connectivity index (χ4v) is 2.31. The molecule has 0 aliphatic carbocycles. The maximum Gasteiger partial charge on any atom is 0.124 e. The highest BCUT2D eigenvalue weighted by Gasteiger charge is 2.09. The summed E-state index contributed by atoms with van der Waals surface area (Å²) in [5.74, 6) is 1.25. The summed E-state index contributed by atoms with van der Waals surface area (Å²) in [5.41, 5.74) is 2.30. The third-order valence-corrected chi connectivity index (χ3v) is 3.74. The molecule has 0 saturated heterocycles. The highest BCUT2D eigenvalue weighted by molar-refractivity contribution is 5.38. The SMILES string of the molecule is COCc1cc(C(C)NCCCC(C)CO)ccc1OC. The molecule has 0 fully saturated rings. The zero-order chi connectivity index (χ0) is 15.7. The second kappa shape index (κ2) is 9.77. The molecule has 0 spiro atoms. The zero-order valence-corrected chi connectivity index (χ0v) is 13.7. The van der Waals surface area contributed by atoms with Gasteiger partial charge in [0.25, 0.3) is 0 Å². The number of ether oxygens (including phenoxy) is 2. The molecule has 4 heteroatoms. The Balaban J connectivity index is 2.53. The molecule has 0 radical (unpaired) electrons. The molecular formula is C17H29NO3. The van der Waals surface area contributed by atoms with Crippen molar-refractivity contribution in [1.29, 1.82) is 0 Å². The summed E-state index contributed by atoms with van der Waals surface area (Å²) in [6.07, 6.45) is 2.13. The van der Waals surface area contributed by atoms with Gasteiger partial charge < -0.3 is 19.9 Å². The third kappa shape index (κ3) is 6.04. The summed E-state index contributed by atoms with van der Waals surface area (Å²) in [4.78, 5) is 0. The van der Waals surface area contributed by atoms with Crippen molar-refractivity contribution in [3.63, 3.8) is 0 Å². The van der Waals surface area contributed by atoms with Crippen LogP contribution in [0.2, 0.25) is 0 Å². The number of hydrogen-bond acceptors (Lipinski definition) is 4. The number of benzene rings is 1. The van der Waals surface area contributed by atoms with E-state index in [1.165, 1.54) is 5.56 Å². The van der Waals surface area contributed by atoms with Crippen molar-refractivity contribution in [1.82, 2.24) is 5.32 Å². The van der Waals surface area contributed by atoms with E-state index < -0.39 is 0 Å². The van der Waals surface area contributed by atoms with E-state index in [0.29, 0.717) is 12.5 Å². The predicted molar refractivity (Wildman–Crippen MR) is 85.6 cm³/mol. The van der Waals surface area contributed by atoms with Gasteiger partial charge >= 0.3 is 0 Å². The van der Waals surface area contributed by atoms with Crippen LogP contribution in [-0.2, 0) is 11.3 Å². The van der Waals surface area contributed by atoms with Gasteiger partial charge in [-0.15, -0.1) is 0 Å². The van der Waals surface area contributed by atoms with Crippen LogP contribution < -0.4 is 10.1 Å². The second-order valence-corrected chi connectivity index (χ2v) is 5.61. The smallest absolute Gasteiger partial charge is 0.124 e. The first kappa shape index (κ1) is 18.0. The zero-order valence-electron chi connectivity index (χ0n) is 13.7. The van der Waals surface area contributed by atoms with E-state index in [4.69, 9.17) is 14.6 Å². The van der Waals surface area contributed by atoms with Crippen molar-refractivity contribution in [3.05, 3.63) is 29.3 Å². The van der Waals surface area contributed by atoms with Crippen LogP contribution in [0.15, 0.2) is 18.2 Å². The Morgan fingerprint density at radius 3 is 2.62 bits per heavy atom. The van der Waals surface area contributed by atoms with Gasteiger partial charge in [0, 0.05) is 25.3 Å². The lowest BCUT2D eigenvalue weighted by molar-refractivity contribution is 0.181. The van der Waals surface area contributed by atoms with E-state index in [0.717, 1.165) is 30.7 Å². The van der Waals surface area contributed by atoms with Crippen molar-refractivity contribution in [2.45, 2.75) is 39.3 Å². The molecule has 0 aromatic heterocycles. The fraction of sp³-hybridized carbons (Fsp3) is 0.647. The van der Waals surface area contributed by atoms with Gasteiger partial charge in [0.05, 0.1) is 13.7 Å². The normalized spacial score (nSPS) is 14.0. The monoisotopic (exact) mass is 295 g/mol. The molecule has 0 saturated carbocycles. The van der Waals surface area contributed by atoms with E-state index >= 15 is 0 Å². The minimum absolute atomic E-state index is 0.272. The van der Waals surface area contributed by atoms with E-state index in [9.17, 15) is 0 Å². The first-order chi connectivity index (χ1) is 10.1. The number of nitrogens with one attached hydrogen (secondary N) is 1. The molecule has 120 valence electrons. The minimum atomic E-state index is 0.272. The second-order valence-electron chi connectivity index (χ2n) is 5.61. The van der Waals surface area contributed by atoms with Crippen LogP contribution in [0.4, 0.5) is 0 Å². The average Bonchev–Trinajstić information content (AvgIpc) is 2.51. The molecule has 1 aromatic carbocycles. The standard InChI is InChI=1S/C17H29NO3/c1-13(11-19)6-5-9-18-14(2)15-7-8-17(21-4)16(10-15)12-20-3/h7-8,10,13-14,18-19H,5-6,9,11-12H2,1-4H3. The Labute approximate surface area is 128 Å². The van der Waals surface area contributed by atoms with Crippen LogP contribution in [-0.4, -0.2) is 32.5 Å². The first-order valence-corrected chi connectivity index (χ1v) is 7.62. The molecule has 2 atom stereocenters. The number of hydrogen-bond donors (Lipinski definition) is 2. The van der Waals surface area contributed by atoms with Crippen LogP contribution in [0.5, 0.6) is 5.75 Å². The Morgan fingerprint density at radius 2 is 2.00 bits per heavy atom. The number of rotatable bonds is 10. The molecule has 0 amide bonds. The van der Waals surface area contributed by atoms with Crippen LogP contribution >= 0.6 is 0 Å². The van der Waals surface area contributed by atoms with Crippen molar-refractivity contribution in [2.75, 3.05) is 27.4 Å². The molecule has 21 heavy (non-hydrogen) atoms. The molecular weight excluding hydrogens is 266 g/mol. The van der Waals surface area contributed by atoms with Gasteiger partial charge in [-0.25, -0.2) is 0 Å². The largest absolute Gasteiger partial charge is 0.496 e. The lowest BCUT2D eigenvalue weighted by Crippen LogP contribution is -2.20. The van der Waals surface area contributed by atoms with Gasteiger partial charge in [-0.1, -0.05) is 13.0 Å². The number of aliphatic hydroxyl groups excluding tert-OH is 1. The summed E-state index contributed by atoms with van der Waals surface area (Å²) in [6.45, 7) is 6.01. The maximum absolute atomic E-state index is 9.01. The van der Waals surface area contributed by atoms with E-state index in [1.807, 2.05) is 6.07 Å². The fourth-order valence-electron chi connectivity index (χ4n) is 2.31. The lowest BCUT2D eigenvalue weighted by Gasteiger charge is -2.17. The van der Waals surface area contributed by atoms with Crippen molar-refractivity contribution < 1.29 is 14.6 Å². The molecule has 2 unspecified atom stereocenters. The van der Waals surface area contributed by atoms with Crippen molar-refractivity contribution >= 4 is 0 Å². The van der Waals surface area contributed by atoms with Gasteiger partial charge in [-0.3, -0.25) is 0 Å². The first-order valence-electron chi connectivity index (χ1n) is 7.62. The average molecular weight is 295 g/mol. The van der Waals surface area contributed by atoms with Gasteiger partial charge in [0.15, 0.2) is 0 Å². The van der Waals surface area contributed by atoms with Crippen molar-refractivity contribution in [3.8, 4) is 5.75 Å². The Kier molecular flexibility index (Phi) is 8.35. The molecule has 0 aliphatic rings. The Morgan fingerprint density at radius 1 is 1.24 bits per heavy atom. The summed E-state index contributed by atoms with van der Waals surface area (Å²) < 4.78 is 10.6. The molecule has 4 nitrogen and oxygen atoms in total.